The Morgan fingerprint density at radius 3 is 2.27 bits per heavy atom. The first-order valence-corrected chi connectivity index (χ1v) is 8.54. The van der Waals surface area contributed by atoms with Crippen molar-refractivity contribution in [1.29, 1.82) is 0 Å². The van der Waals surface area contributed by atoms with Gasteiger partial charge in [0.1, 0.15) is 0 Å². The minimum atomic E-state index is -4.32. The number of unbranched alkanes of at least 4 members (excludes halogenated alkanes) is 1. The molecule has 1 aromatic carbocycles. The van der Waals surface area contributed by atoms with Crippen molar-refractivity contribution in [2.24, 2.45) is 5.73 Å². The Labute approximate surface area is 128 Å². The molecular formula is C14H21F3N2O2S. The maximum Gasteiger partial charge on any atom is 0.393 e. The molecule has 1 aromatic rings. The summed E-state index contributed by atoms with van der Waals surface area (Å²) in [4.78, 5) is -0.0617. The first-order valence-electron chi connectivity index (χ1n) is 7.06. The SMILES string of the molecule is CCCCC(CN)NS(=O)(=O)c1ccc(CC(F)(F)F)cc1. The number of benzene rings is 1. The molecule has 1 rings (SSSR count). The Morgan fingerprint density at radius 2 is 1.82 bits per heavy atom. The predicted molar refractivity (Wildman–Crippen MR) is 78.9 cm³/mol. The number of hydrogen-bond acceptors (Lipinski definition) is 3. The second-order valence-electron chi connectivity index (χ2n) is 5.13. The summed E-state index contributed by atoms with van der Waals surface area (Å²) in [7, 11) is -3.77. The molecule has 0 amide bonds. The van der Waals surface area contributed by atoms with Gasteiger partial charge in [-0.1, -0.05) is 31.9 Å². The molecule has 126 valence electrons. The van der Waals surface area contributed by atoms with Crippen LogP contribution in [0.15, 0.2) is 29.2 Å². The molecule has 0 aliphatic rings. The Hall–Kier alpha value is -1.12. The van der Waals surface area contributed by atoms with Gasteiger partial charge in [0.25, 0.3) is 0 Å². The molecule has 0 aromatic heterocycles. The van der Waals surface area contributed by atoms with Crippen molar-refractivity contribution in [1.82, 2.24) is 4.72 Å². The quantitative estimate of drug-likeness (QED) is 0.765. The van der Waals surface area contributed by atoms with Crippen molar-refractivity contribution < 1.29 is 21.6 Å². The summed E-state index contributed by atoms with van der Waals surface area (Å²) >= 11 is 0. The van der Waals surface area contributed by atoms with Crippen LogP contribution in [0.1, 0.15) is 31.7 Å². The van der Waals surface area contributed by atoms with Gasteiger partial charge in [-0.3, -0.25) is 0 Å². The summed E-state index contributed by atoms with van der Waals surface area (Å²) in [6, 6.07) is 4.32. The van der Waals surface area contributed by atoms with Crippen LogP contribution in [0.4, 0.5) is 13.2 Å². The molecule has 4 nitrogen and oxygen atoms in total. The summed E-state index contributed by atoms with van der Waals surface area (Å²) < 4.78 is 63.6. The molecule has 1 unspecified atom stereocenters. The van der Waals surface area contributed by atoms with Crippen molar-refractivity contribution in [3.8, 4) is 0 Å². The van der Waals surface area contributed by atoms with Gasteiger partial charge in [0.15, 0.2) is 0 Å². The van der Waals surface area contributed by atoms with Crippen LogP contribution in [0.5, 0.6) is 0 Å². The fourth-order valence-electron chi connectivity index (χ4n) is 1.98. The minimum Gasteiger partial charge on any atom is -0.329 e. The van der Waals surface area contributed by atoms with Crippen LogP contribution in [-0.4, -0.2) is 27.2 Å². The smallest absolute Gasteiger partial charge is 0.329 e. The van der Waals surface area contributed by atoms with E-state index >= 15 is 0 Å². The zero-order chi connectivity index (χ0) is 16.8. The molecule has 0 aliphatic heterocycles. The number of sulfonamides is 1. The summed E-state index contributed by atoms with van der Waals surface area (Å²) in [6.45, 7) is 2.16. The first kappa shape index (κ1) is 18.9. The van der Waals surface area contributed by atoms with E-state index in [1.807, 2.05) is 6.92 Å². The van der Waals surface area contributed by atoms with Crippen molar-refractivity contribution in [3.05, 3.63) is 29.8 Å². The van der Waals surface area contributed by atoms with Crippen LogP contribution in [0.2, 0.25) is 0 Å². The molecular weight excluding hydrogens is 317 g/mol. The lowest BCUT2D eigenvalue weighted by atomic mass is 10.1. The standard InChI is InChI=1S/C14H21F3N2O2S/c1-2-3-4-12(10-18)19-22(20,21)13-7-5-11(6-8-13)9-14(15,16)17/h5-8,12,19H,2-4,9-10,18H2,1H3. The van der Waals surface area contributed by atoms with Gasteiger partial charge in [0, 0.05) is 12.6 Å². The van der Waals surface area contributed by atoms with E-state index in [0.717, 1.165) is 12.8 Å². The van der Waals surface area contributed by atoms with Crippen LogP contribution >= 0.6 is 0 Å². The number of nitrogens with one attached hydrogen (secondary N) is 1. The van der Waals surface area contributed by atoms with E-state index in [4.69, 9.17) is 5.73 Å². The monoisotopic (exact) mass is 338 g/mol. The second-order valence-corrected chi connectivity index (χ2v) is 6.85. The minimum absolute atomic E-state index is 0.0211. The van der Waals surface area contributed by atoms with Crippen molar-refractivity contribution in [2.75, 3.05) is 6.54 Å². The van der Waals surface area contributed by atoms with Gasteiger partial charge >= 0.3 is 6.18 Å². The van der Waals surface area contributed by atoms with Gasteiger partial charge in [0.05, 0.1) is 11.3 Å². The number of halogens is 3. The van der Waals surface area contributed by atoms with Crippen molar-refractivity contribution in [2.45, 2.75) is 49.7 Å². The van der Waals surface area contributed by atoms with Gasteiger partial charge in [-0.2, -0.15) is 13.2 Å². The lowest BCUT2D eigenvalue weighted by Crippen LogP contribution is -2.40. The van der Waals surface area contributed by atoms with Crippen LogP contribution in [0, 0.1) is 0 Å². The Morgan fingerprint density at radius 1 is 1.23 bits per heavy atom. The zero-order valence-corrected chi connectivity index (χ0v) is 13.2. The third-order valence-electron chi connectivity index (χ3n) is 3.15. The Balaban J connectivity index is 2.80. The molecule has 0 radical (unpaired) electrons. The van der Waals surface area contributed by atoms with Crippen molar-refractivity contribution >= 4 is 10.0 Å². The summed E-state index contributed by atoms with van der Waals surface area (Å²) in [5.41, 5.74) is 5.56. The molecule has 1 atom stereocenters. The Kier molecular flexibility index (Phi) is 6.83. The van der Waals surface area contributed by atoms with Crippen LogP contribution < -0.4 is 10.5 Å². The Bertz CT molecular complexity index is 556. The van der Waals surface area contributed by atoms with E-state index in [-0.39, 0.29) is 23.0 Å². The van der Waals surface area contributed by atoms with Crippen LogP contribution in [0.25, 0.3) is 0 Å². The van der Waals surface area contributed by atoms with E-state index in [2.05, 4.69) is 4.72 Å². The van der Waals surface area contributed by atoms with Gasteiger partial charge in [-0.15, -0.1) is 0 Å². The average molecular weight is 338 g/mol. The van der Waals surface area contributed by atoms with Gasteiger partial charge in [-0.05, 0) is 24.1 Å². The highest BCUT2D eigenvalue weighted by atomic mass is 32.2. The van der Waals surface area contributed by atoms with E-state index in [9.17, 15) is 21.6 Å². The van der Waals surface area contributed by atoms with E-state index < -0.39 is 22.6 Å². The summed E-state index contributed by atoms with van der Waals surface area (Å²) in [5, 5.41) is 0. The third-order valence-corrected chi connectivity index (χ3v) is 4.69. The van der Waals surface area contributed by atoms with Crippen molar-refractivity contribution in [3.63, 3.8) is 0 Å². The molecule has 0 saturated heterocycles. The molecule has 0 aliphatic carbocycles. The van der Waals surface area contributed by atoms with E-state index in [1.165, 1.54) is 24.3 Å². The number of rotatable bonds is 8. The number of alkyl halides is 3. The number of nitrogens with two attached hydrogens (primary N) is 1. The van der Waals surface area contributed by atoms with Gasteiger partial charge in [0.2, 0.25) is 10.0 Å². The average Bonchev–Trinajstić information content (AvgIpc) is 2.42. The molecule has 0 fully saturated rings. The maximum absolute atomic E-state index is 12.3. The molecule has 22 heavy (non-hydrogen) atoms. The molecule has 3 N–H and O–H groups in total. The fourth-order valence-corrected chi connectivity index (χ4v) is 3.26. The van der Waals surface area contributed by atoms with Crippen LogP contribution in [-0.2, 0) is 16.4 Å². The maximum atomic E-state index is 12.3. The molecule has 0 saturated carbocycles. The summed E-state index contributed by atoms with van der Waals surface area (Å²) in [5.74, 6) is 0. The van der Waals surface area contributed by atoms with Crippen LogP contribution in [0.3, 0.4) is 0 Å². The third kappa shape index (κ3) is 6.33. The van der Waals surface area contributed by atoms with Gasteiger partial charge < -0.3 is 5.73 Å². The zero-order valence-electron chi connectivity index (χ0n) is 12.4. The van der Waals surface area contributed by atoms with E-state index in [0.29, 0.717) is 6.42 Å². The normalized spacial score (nSPS) is 14.0. The largest absolute Gasteiger partial charge is 0.393 e. The molecule has 0 heterocycles. The highest BCUT2D eigenvalue weighted by Crippen LogP contribution is 2.22. The predicted octanol–water partition coefficient (Wildman–Crippen LogP) is 2.59. The first-order chi connectivity index (χ1) is 10.2. The fraction of sp³-hybridized carbons (Fsp3) is 0.571. The van der Waals surface area contributed by atoms with E-state index in [1.54, 1.807) is 0 Å². The lowest BCUT2D eigenvalue weighted by molar-refractivity contribution is -0.127. The molecule has 8 heteroatoms. The summed E-state index contributed by atoms with van der Waals surface area (Å²) in [6.07, 6.45) is -3.01. The number of hydrogen-bond donors (Lipinski definition) is 2. The van der Waals surface area contributed by atoms with Gasteiger partial charge in [-0.25, -0.2) is 13.1 Å². The second kappa shape index (κ2) is 7.94. The highest BCUT2D eigenvalue weighted by Gasteiger charge is 2.27. The topological polar surface area (TPSA) is 72.2 Å². The molecule has 0 spiro atoms. The highest BCUT2D eigenvalue weighted by molar-refractivity contribution is 7.89. The molecule has 0 bridgehead atoms. The lowest BCUT2D eigenvalue weighted by Gasteiger charge is -2.16.